The highest BCUT2D eigenvalue weighted by Gasteiger charge is 2.30. The Morgan fingerprint density at radius 1 is 1.53 bits per heavy atom. The summed E-state index contributed by atoms with van der Waals surface area (Å²) >= 11 is 0. The molecule has 0 aliphatic heterocycles. The molecule has 0 saturated heterocycles. The summed E-state index contributed by atoms with van der Waals surface area (Å²) in [6, 6.07) is 0. The van der Waals surface area contributed by atoms with E-state index < -0.39 is 11.5 Å². The number of nitrogens with one attached hydrogen (secondary N) is 1. The fourth-order valence-electron chi connectivity index (χ4n) is 1.39. The lowest BCUT2D eigenvalue weighted by atomic mass is 9.96. The lowest BCUT2D eigenvalue weighted by molar-refractivity contribution is -0.144. The molecule has 0 aliphatic rings. The fourth-order valence-corrected chi connectivity index (χ4v) is 1.39. The number of carboxylic acid groups (broad SMARTS) is 1. The van der Waals surface area contributed by atoms with Crippen LogP contribution < -0.4 is 5.32 Å². The summed E-state index contributed by atoms with van der Waals surface area (Å²) < 4.78 is 5.34. The van der Waals surface area contributed by atoms with Crippen LogP contribution in [0.3, 0.4) is 0 Å². The summed E-state index contributed by atoms with van der Waals surface area (Å²) in [5, 5.41) is 12.1. The predicted octanol–water partition coefficient (Wildman–Crippen LogP) is 1.64. The highest BCUT2D eigenvalue weighted by molar-refractivity contribution is 5.78. The smallest absolute Gasteiger partial charge is 0.323 e. The van der Waals surface area contributed by atoms with E-state index in [1.807, 2.05) is 20.8 Å². The minimum absolute atomic E-state index is 0.189. The predicted molar refractivity (Wildman–Crippen MR) is 60.0 cm³/mol. The molecule has 4 nitrogen and oxygen atoms in total. The average molecular weight is 217 g/mol. The topological polar surface area (TPSA) is 58.6 Å². The number of hydrogen-bond donors (Lipinski definition) is 2. The lowest BCUT2D eigenvalue weighted by Gasteiger charge is -2.26. The van der Waals surface area contributed by atoms with Crippen molar-refractivity contribution < 1.29 is 14.6 Å². The van der Waals surface area contributed by atoms with Gasteiger partial charge in [-0.25, -0.2) is 0 Å². The molecule has 0 aromatic rings. The molecule has 0 heterocycles. The molecule has 0 rings (SSSR count). The van der Waals surface area contributed by atoms with Crippen LogP contribution in [0.4, 0.5) is 0 Å². The zero-order chi connectivity index (χ0) is 11.9. The van der Waals surface area contributed by atoms with Crippen molar-refractivity contribution in [3.8, 4) is 0 Å². The standard InChI is InChI=1S/C11H23NO3/c1-5-6-11(4,10(13)14)12-7-8-15-9(2)3/h9,12H,5-8H2,1-4H3,(H,13,14). The molecule has 2 N–H and O–H groups in total. The van der Waals surface area contributed by atoms with Gasteiger partial charge < -0.3 is 9.84 Å². The second-order valence-corrected chi connectivity index (χ2v) is 4.23. The van der Waals surface area contributed by atoms with Gasteiger partial charge in [0.25, 0.3) is 0 Å². The molecule has 4 heteroatoms. The highest BCUT2D eigenvalue weighted by atomic mass is 16.5. The minimum atomic E-state index is -0.824. The van der Waals surface area contributed by atoms with E-state index in [2.05, 4.69) is 5.32 Å². The van der Waals surface area contributed by atoms with E-state index in [1.165, 1.54) is 0 Å². The number of hydrogen-bond acceptors (Lipinski definition) is 3. The first kappa shape index (κ1) is 14.4. The van der Waals surface area contributed by atoms with Crippen LogP contribution in [0.1, 0.15) is 40.5 Å². The normalized spacial score (nSPS) is 15.3. The van der Waals surface area contributed by atoms with Crippen LogP contribution in [0.15, 0.2) is 0 Å². The molecule has 0 fully saturated rings. The van der Waals surface area contributed by atoms with Crippen LogP contribution in [-0.4, -0.2) is 35.9 Å². The number of rotatable bonds is 8. The van der Waals surface area contributed by atoms with Crippen molar-refractivity contribution in [1.29, 1.82) is 0 Å². The van der Waals surface area contributed by atoms with Gasteiger partial charge in [0.1, 0.15) is 5.54 Å². The van der Waals surface area contributed by atoms with Crippen molar-refractivity contribution in [2.24, 2.45) is 0 Å². The zero-order valence-electron chi connectivity index (χ0n) is 10.2. The second-order valence-electron chi connectivity index (χ2n) is 4.23. The largest absolute Gasteiger partial charge is 0.480 e. The molecule has 0 aromatic heterocycles. The van der Waals surface area contributed by atoms with Crippen LogP contribution in [0.5, 0.6) is 0 Å². The zero-order valence-corrected chi connectivity index (χ0v) is 10.2. The quantitative estimate of drug-likeness (QED) is 0.607. The number of ether oxygens (including phenoxy) is 1. The third kappa shape index (κ3) is 5.74. The van der Waals surface area contributed by atoms with Gasteiger partial charge in [-0.15, -0.1) is 0 Å². The Bertz CT molecular complexity index is 194. The summed E-state index contributed by atoms with van der Waals surface area (Å²) in [7, 11) is 0. The Labute approximate surface area is 92.0 Å². The van der Waals surface area contributed by atoms with Crippen molar-refractivity contribution in [3.05, 3.63) is 0 Å². The number of carbonyl (C=O) groups is 1. The summed E-state index contributed by atoms with van der Waals surface area (Å²) in [5.41, 5.74) is -0.824. The van der Waals surface area contributed by atoms with Crippen LogP contribution in [-0.2, 0) is 9.53 Å². The van der Waals surface area contributed by atoms with E-state index in [4.69, 9.17) is 9.84 Å². The van der Waals surface area contributed by atoms with Crippen LogP contribution >= 0.6 is 0 Å². The van der Waals surface area contributed by atoms with Crippen molar-refractivity contribution in [1.82, 2.24) is 5.32 Å². The Hall–Kier alpha value is -0.610. The Morgan fingerprint density at radius 3 is 2.53 bits per heavy atom. The Morgan fingerprint density at radius 2 is 2.13 bits per heavy atom. The lowest BCUT2D eigenvalue weighted by Crippen LogP contribution is -2.50. The van der Waals surface area contributed by atoms with Gasteiger partial charge in [-0.2, -0.15) is 0 Å². The minimum Gasteiger partial charge on any atom is -0.480 e. The van der Waals surface area contributed by atoms with Gasteiger partial charge in [-0.3, -0.25) is 10.1 Å². The van der Waals surface area contributed by atoms with Crippen LogP contribution in [0, 0.1) is 0 Å². The van der Waals surface area contributed by atoms with E-state index in [0.29, 0.717) is 19.6 Å². The first-order valence-electron chi connectivity index (χ1n) is 5.52. The van der Waals surface area contributed by atoms with Gasteiger partial charge in [0, 0.05) is 6.54 Å². The van der Waals surface area contributed by atoms with Crippen LogP contribution in [0.2, 0.25) is 0 Å². The molecule has 0 radical (unpaired) electrons. The van der Waals surface area contributed by atoms with Crippen molar-refractivity contribution in [2.75, 3.05) is 13.2 Å². The Kier molecular flexibility index (Phi) is 6.52. The molecule has 0 aromatic carbocycles. The van der Waals surface area contributed by atoms with E-state index in [0.717, 1.165) is 6.42 Å². The first-order chi connectivity index (χ1) is 6.92. The third-order valence-corrected chi connectivity index (χ3v) is 2.29. The number of carboxylic acids is 1. The van der Waals surface area contributed by atoms with Gasteiger partial charge in [0.05, 0.1) is 12.7 Å². The number of aliphatic carboxylic acids is 1. The first-order valence-corrected chi connectivity index (χ1v) is 5.52. The molecule has 0 bridgehead atoms. The average Bonchev–Trinajstić information content (AvgIpc) is 2.12. The molecule has 1 unspecified atom stereocenters. The van der Waals surface area contributed by atoms with E-state index in [1.54, 1.807) is 6.92 Å². The Balaban J connectivity index is 3.92. The highest BCUT2D eigenvalue weighted by Crippen LogP contribution is 2.11. The molecule has 15 heavy (non-hydrogen) atoms. The maximum Gasteiger partial charge on any atom is 0.323 e. The molecule has 90 valence electrons. The molecule has 0 amide bonds. The van der Waals surface area contributed by atoms with E-state index in [-0.39, 0.29) is 6.10 Å². The SMILES string of the molecule is CCCC(C)(NCCOC(C)C)C(=O)O. The van der Waals surface area contributed by atoms with Gasteiger partial charge in [0.15, 0.2) is 0 Å². The van der Waals surface area contributed by atoms with E-state index in [9.17, 15) is 4.79 Å². The van der Waals surface area contributed by atoms with Crippen molar-refractivity contribution >= 4 is 5.97 Å². The van der Waals surface area contributed by atoms with Crippen LogP contribution in [0.25, 0.3) is 0 Å². The maximum atomic E-state index is 11.0. The van der Waals surface area contributed by atoms with Gasteiger partial charge in [-0.1, -0.05) is 13.3 Å². The summed E-state index contributed by atoms with van der Waals surface area (Å²) in [6.45, 7) is 8.73. The van der Waals surface area contributed by atoms with Gasteiger partial charge in [-0.05, 0) is 27.2 Å². The molecular weight excluding hydrogens is 194 g/mol. The molecular formula is C11H23NO3. The van der Waals surface area contributed by atoms with Crippen molar-refractivity contribution in [2.45, 2.75) is 52.2 Å². The molecule has 0 spiro atoms. The second kappa shape index (κ2) is 6.80. The van der Waals surface area contributed by atoms with Gasteiger partial charge in [0.2, 0.25) is 0 Å². The monoisotopic (exact) mass is 217 g/mol. The summed E-state index contributed by atoms with van der Waals surface area (Å²) in [4.78, 5) is 11.0. The summed E-state index contributed by atoms with van der Waals surface area (Å²) in [5.74, 6) is -0.797. The summed E-state index contributed by atoms with van der Waals surface area (Å²) in [6.07, 6.45) is 1.67. The molecule has 0 aliphatic carbocycles. The van der Waals surface area contributed by atoms with Gasteiger partial charge >= 0.3 is 5.97 Å². The molecule has 0 saturated carbocycles. The van der Waals surface area contributed by atoms with E-state index >= 15 is 0 Å². The fraction of sp³-hybridized carbons (Fsp3) is 0.909. The third-order valence-electron chi connectivity index (χ3n) is 2.29. The molecule has 1 atom stereocenters. The maximum absolute atomic E-state index is 11.0. The van der Waals surface area contributed by atoms with Crippen molar-refractivity contribution in [3.63, 3.8) is 0 Å².